The van der Waals surface area contributed by atoms with Gasteiger partial charge in [-0.2, -0.15) is 4.98 Å². The van der Waals surface area contributed by atoms with E-state index in [1.54, 1.807) is 0 Å². The molecule has 0 bridgehead atoms. The van der Waals surface area contributed by atoms with Crippen molar-refractivity contribution in [2.75, 3.05) is 24.7 Å². The number of nitrogens with one attached hydrogen (secondary N) is 1. The number of imidazole rings is 2. The Kier molecular flexibility index (Phi) is 9.76. The fourth-order valence-electron chi connectivity index (χ4n) is 4.72. The van der Waals surface area contributed by atoms with Gasteiger partial charge in [0.15, 0.2) is 35.1 Å². The Hall–Kier alpha value is -3.52. The first-order valence-electron chi connectivity index (χ1n) is 13.0. The Labute approximate surface area is 259 Å². The van der Waals surface area contributed by atoms with E-state index >= 15 is 0 Å². The molecule has 2 aliphatic heterocycles. The van der Waals surface area contributed by atoms with Crippen LogP contribution in [0.3, 0.4) is 0 Å². The largest absolute Gasteiger partial charge is 0.469 e. The molecule has 0 saturated carbocycles. The zero-order valence-corrected chi connectivity index (χ0v) is 25.2. The van der Waals surface area contributed by atoms with E-state index < -0.39 is 83.5 Å². The van der Waals surface area contributed by atoms with Crippen molar-refractivity contribution < 1.29 is 67.7 Å². The molecule has 4 aromatic rings. The second-order valence-corrected chi connectivity index (χ2v) is 12.5. The molecule has 47 heavy (non-hydrogen) atoms. The zero-order valence-electron chi connectivity index (χ0n) is 23.4. The van der Waals surface area contributed by atoms with Crippen LogP contribution in [0.1, 0.15) is 12.5 Å². The number of hydrogen-bond acceptors (Lipinski definition) is 18. The molecule has 0 spiro atoms. The van der Waals surface area contributed by atoms with Gasteiger partial charge in [-0.1, -0.05) is 0 Å². The average molecular weight is 710 g/mol. The lowest BCUT2D eigenvalue weighted by Gasteiger charge is -2.16. The molecule has 6 heterocycles. The second-order valence-electron chi connectivity index (χ2n) is 10.0. The molecule has 0 aliphatic carbocycles. The summed E-state index contributed by atoms with van der Waals surface area (Å²) < 4.78 is 43.4. The van der Waals surface area contributed by atoms with E-state index in [2.05, 4.69) is 39.0 Å². The molecule has 27 heteroatoms. The quantitative estimate of drug-likeness (QED) is 0.0768. The molecule has 25 nitrogen and oxygen atoms in total. The van der Waals surface area contributed by atoms with Crippen LogP contribution < -0.4 is 17.0 Å². The zero-order chi connectivity index (χ0) is 34.4. The minimum absolute atomic E-state index is 0.0176. The smallest absolute Gasteiger partial charge is 0.387 e. The topological polar surface area (TPSA) is 392 Å². The van der Waals surface area contributed by atoms with E-state index in [4.69, 9.17) is 40.5 Å². The van der Waals surface area contributed by atoms with E-state index in [1.165, 1.54) is 28.1 Å². The fourth-order valence-corrected chi connectivity index (χ4v) is 5.40. The number of aromatic nitrogens is 8. The van der Waals surface area contributed by atoms with Crippen molar-refractivity contribution in [3.8, 4) is 0 Å². The molecular weight excluding hydrogens is 682 g/mol. The Morgan fingerprint density at radius 1 is 0.766 bits per heavy atom. The molecule has 13 N–H and O–H groups in total. The highest BCUT2D eigenvalue weighted by Crippen LogP contribution is 2.40. The lowest BCUT2D eigenvalue weighted by molar-refractivity contribution is -0.0504. The van der Waals surface area contributed by atoms with E-state index in [9.17, 15) is 34.4 Å². The first-order chi connectivity index (χ1) is 21.9. The molecule has 4 aromatic heterocycles. The van der Waals surface area contributed by atoms with Gasteiger partial charge in [-0.3, -0.25) is 28.0 Å². The van der Waals surface area contributed by atoms with Crippen molar-refractivity contribution >= 4 is 49.7 Å². The molecule has 0 amide bonds. The normalized spacial score (nSPS) is 28.2. The van der Waals surface area contributed by atoms with Gasteiger partial charge in [0.25, 0.3) is 5.56 Å². The van der Waals surface area contributed by atoms with Crippen LogP contribution in [-0.2, 0) is 27.7 Å². The summed E-state index contributed by atoms with van der Waals surface area (Å²) in [4.78, 5) is 68.3. The van der Waals surface area contributed by atoms with Crippen LogP contribution in [0.4, 0.5) is 11.8 Å². The van der Waals surface area contributed by atoms with E-state index in [0.29, 0.717) is 5.52 Å². The number of phosphoric ester groups is 2. The summed E-state index contributed by atoms with van der Waals surface area (Å²) in [6.07, 6.45) is -6.71. The molecule has 258 valence electrons. The Bertz CT molecular complexity index is 1890. The number of nitrogens with two attached hydrogens (primary N) is 2. The van der Waals surface area contributed by atoms with Gasteiger partial charge in [-0.25, -0.2) is 29.1 Å². The van der Waals surface area contributed by atoms with Crippen LogP contribution >= 0.6 is 15.6 Å². The number of nitrogen functional groups attached to an aromatic ring is 2. The molecule has 0 unspecified atom stereocenters. The lowest BCUT2D eigenvalue weighted by atomic mass is 10.1. The minimum Gasteiger partial charge on any atom is -0.387 e. The van der Waals surface area contributed by atoms with Gasteiger partial charge in [-0.05, 0) is 0 Å². The molecule has 0 radical (unpaired) electrons. The number of aliphatic hydroxyl groups excluding tert-OH is 4. The third kappa shape index (κ3) is 7.48. The summed E-state index contributed by atoms with van der Waals surface area (Å²) in [5.41, 5.74) is 11.1. The second kappa shape index (κ2) is 13.2. The summed E-state index contributed by atoms with van der Waals surface area (Å²) in [7, 11) is -9.48. The number of anilines is 2. The van der Waals surface area contributed by atoms with Gasteiger partial charge in [0.05, 0.1) is 25.9 Å². The van der Waals surface area contributed by atoms with Gasteiger partial charge in [0.1, 0.15) is 48.5 Å². The van der Waals surface area contributed by atoms with Crippen LogP contribution in [-0.4, -0.2) is 129 Å². The summed E-state index contributed by atoms with van der Waals surface area (Å²) in [5.74, 6) is -0.0353. The number of aliphatic hydroxyl groups is 4. The summed E-state index contributed by atoms with van der Waals surface area (Å²) in [6.45, 7) is -1.25. The maximum atomic E-state index is 11.7. The van der Waals surface area contributed by atoms with Gasteiger partial charge in [0.2, 0.25) is 5.95 Å². The van der Waals surface area contributed by atoms with Gasteiger partial charge in [0, 0.05) is 0 Å². The van der Waals surface area contributed by atoms with E-state index in [1.807, 2.05) is 0 Å². The van der Waals surface area contributed by atoms with E-state index in [-0.39, 0.29) is 28.6 Å². The maximum Gasteiger partial charge on any atom is 0.469 e. The monoisotopic (exact) mass is 710 g/mol. The summed E-state index contributed by atoms with van der Waals surface area (Å²) >= 11 is 0. The lowest BCUT2D eigenvalue weighted by Crippen LogP contribution is -2.33. The van der Waals surface area contributed by atoms with E-state index in [0.717, 1.165) is 0 Å². The number of aromatic amines is 1. The highest BCUT2D eigenvalue weighted by Gasteiger charge is 2.46. The molecule has 8 atom stereocenters. The number of H-pyrrole nitrogens is 1. The molecule has 6 rings (SSSR count). The standard InChI is InChI=1S/C10H14N5O8P.C10H14N5O7P/c11-10-13-7-4(8(18)14-10)12-2-15(7)9-6(17)5(16)3(23-9)1-22-24(19,20)21;11-8-5-9(13-2-12-8)15(3-14-5)10-7(17)6(16)4(22-10)1-21-23(18,19)20/h2-3,5-6,9,16-17H,1H2,(H2,19,20,21)(H3,11,13,14,18);2-4,6-7,10,16-17H,1H2,(H2,11,12,13)(H2,18,19,20)/t3-,5-,6-,9-;4-,6-,7-,10-/m11/s1. The van der Waals surface area contributed by atoms with Crippen LogP contribution in [0.2, 0.25) is 0 Å². The molecular formula is C20H28N10O15P2. The number of nitrogens with zero attached hydrogens (tertiary/aromatic N) is 7. The van der Waals surface area contributed by atoms with Gasteiger partial charge >= 0.3 is 15.6 Å². The maximum absolute atomic E-state index is 11.7. The Balaban J connectivity index is 0.000000185. The van der Waals surface area contributed by atoms with Crippen molar-refractivity contribution in [2.45, 2.75) is 49.1 Å². The SMILES string of the molecule is Nc1nc2c(ncn2[C@@H]2O[C@H](COP(=O)(O)O)[C@@H](O)[C@H]2O)c(=O)[nH]1.Nc1ncnc2c1ncn2[C@@H]1O[C@H](COP(=O)(O)O)[C@@H](O)[C@H]1O. The number of phosphoric acid groups is 2. The van der Waals surface area contributed by atoms with Crippen molar-refractivity contribution in [1.29, 1.82) is 0 Å². The Morgan fingerprint density at radius 2 is 1.26 bits per heavy atom. The number of rotatable bonds is 8. The van der Waals surface area contributed by atoms with Crippen molar-refractivity contribution in [1.82, 2.24) is 39.0 Å². The third-order valence-electron chi connectivity index (χ3n) is 6.87. The minimum atomic E-state index is -4.76. The highest BCUT2D eigenvalue weighted by molar-refractivity contribution is 7.46. The van der Waals surface area contributed by atoms with Crippen molar-refractivity contribution in [3.63, 3.8) is 0 Å². The molecule has 2 aliphatic rings. The van der Waals surface area contributed by atoms with Crippen LogP contribution in [0.5, 0.6) is 0 Å². The Morgan fingerprint density at radius 3 is 1.77 bits per heavy atom. The van der Waals surface area contributed by atoms with Crippen molar-refractivity contribution in [3.05, 3.63) is 29.3 Å². The fraction of sp³-hybridized carbons (Fsp3) is 0.500. The first kappa shape index (κ1) is 34.8. The highest BCUT2D eigenvalue weighted by atomic mass is 31.2. The molecule has 2 fully saturated rings. The van der Waals surface area contributed by atoms with Crippen LogP contribution in [0, 0.1) is 0 Å². The average Bonchev–Trinajstić information content (AvgIpc) is 3.73. The third-order valence-corrected chi connectivity index (χ3v) is 7.85. The predicted octanol–water partition coefficient (Wildman–Crippen LogP) is -4.43. The predicted molar refractivity (Wildman–Crippen MR) is 150 cm³/mol. The number of ether oxygens (including phenoxy) is 2. The number of hydrogen-bond donors (Lipinski definition) is 11. The first-order valence-corrected chi connectivity index (χ1v) is 16.1. The van der Waals surface area contributed by atoms with Gasteiger partial charge < -0.3 is 60.9 Å². The number of fused-ring (bicyclic) bond motifs is 2. The van der Waals surface area contributed by atoms with Gasteiger partial charge in [-0.15, -0.1) is 0 Å². The summed E-state index contributed by atoms with van der Waals surface area (Å²) in [6, 6.07) is 0. The summed E-state index contributed by atoms with van der Waals surface area (Å²) in [5, 5.41) is 40.1. The van der Waals surface area contributed by atoms with Crippen molar-refractivity contribution in [2.24, 2.45) is 0 Å². The van der Waals surface area contributed by atoms with Crippen LogP contribution in [0.15, 0.2) is 23.8 Å². The molecule has 0 aromatic carbocycles. The van der Waals surface area contributed by atoms with Crippen LogP contribution in [0.25, 0.3) is 22.3 Å². The molecule has 2 saturated heterocycles.